The monoisotopic (exact) mass is 525 g/mol. The molecular weight excluding hydrogens is 486 g/mol. The van der Waals surface area contributed by atoms with Crippen LogP contribution in [-0.4, -0.2) is 61.5 Å². The van der Waals surface area contributed by atoms with Gasteiger partial charge >= 0.3 is 12.0 Å². The molecule has 0 saturated heterocycles. The third kappa shape index (κ3) is 9.51. The predicted octanol–water partition coefficient (Wildman–Crippen LogP) is 3.06. The number of methoxy groups -OCH3 is 1. The van der Waals surface area contributed by atoms with Gasteiger partial charge in [0.25, 0.3) is 0 Å². The molecule has 0 fully saturated rings. The topological polar surface area (TPSA) is 143 Å². The number of nitrogens with two attached hydrogens (primary N) is 1. The molecule has 10 nitrogen and oxygen atoms in total. The number of carbonyl (C=O) groups excluding carboxylic acids is 4. The van der Waals surface area contributed by atoms with Gasteiger partial charge in [0.1, 0.15) is 12.1 Å². The maximum Gasteiger partial charge on any atom is 0.323 e. The average molecular weight is 526 g/mol. The van der Waals surface area contributed by atoms with Gasteiger partial charge in [-0.2, -0.15) is 0 Å². The van der Waals surface area contributed by atoms with Crippen LogP contribution in [0.5, 0.6) is 0 Å². The van der Waals surface area contributed by atoms with Gasteiger partial charge in [-0.05, 0) is 55.0 Å². The molecule has 10 heteroatoms. The van der Waals surface area contributed by atoms with Crippen molar-refractivity contribution in [2.45, 2.75) is 52.1 Å². The Morgan fingerprint density at radius 3 is 2.26 bits per heavy atom. The Morgan fingerprint density at radius 2 is 1.66 bits per heavy atom. The van der Waals surface area contributed by atoms with Crippen molar-refractivity contribution in [2.75, 3.05) is 31.3 Å². The van der Waals surface area contributed by atoms with Crippen LogP contribution in [0.15, 0.2) is 48.5 Å². The van der Waals surface area contributed by atoms with Gasteiger partial charge in [0.15, 0.2) is 0 Å². The lowest BCUT2D eigenvalue weighted by Crippen LogP contribution is -2.49. The van der Waals surface area contributed by atoms with Crippen molar-refractivity contribution in [3.63, 3.8) is 0 Å². The zero-order valence-corrected chi connectivity index (χ0v) is 22.7. The van der Waals surface area contributed by atoms with Gasteiger partial charge in [-0.3, -0.25) is 14.4 Å². The lowest BCUT2D eigenvalue weighted by atomic mass is 10.0. The van der Waals surface area contributed by atoms with Crippen LogP contribution in [0.1, 0.15) is 37.8 Å². The Morgan fingerprint density at radius 1 is 1.00 bits per heavy atom. The number of hydrogen-bond donors (Lipinski definition) is 4. The fourth-order valence-corrected chi connectivity index (χ4v) is 3.80. The number of hydrogen-bond acceptors (Lipinski definition) is 6. The van der Waals surface area contributed by atoms with E-state index in [0.29, 0.717) is 12.1 Å². The quantitative estimate of drug-likeness (QED) is 0.314. The van der Waals surface area contributed by atoms with Crippen molar-refractivity contribution >= 4 is 35.2 Å². The number of rotatable bonds is 12. The second-order valence-electron chi connectivity index (χ2n) is 9.63. The van der Waals surface area contributed by atoms with E-state index in [2.05, 4.69) is 20.7 Å². The van der Waals surface area contributed by atoms with E-state index in [1.807, 2.05) is 45.0 Å². The zero-order chi connectivity index (χ0) is 28.2. The molecule has 0 spiro atoms. The third-order valence-corrected chi connectivity index (χ3v) is 6.08. The van der Waals surface area contributed by atoms with E-state index < -0.39 is 18.1 Å². The number of benzene rings is 2. The van der Waals surface area contributed by atoms with Crippen LogP contribution in [0, 0.1) is 12.8 Å². The van der Waals surface area contributed by atoms with Crippen molar-refractivity contribution in [2.24, 2.45) is 11.7 Å². The standard InChI is InChI=1S/C28H39N5O5/c1-18(2)16-24(26(35)30-15-14-22(29)27(36)38-5)33(4)25(34)17-20-10-12-21(13-11-20)31-28(37)32-23-9-7-6-8-19(23)3/h6-13,18,22,24H,14-17,29H2,1-5H3,(H,30,35)(H2,31,32,37)/t22-,24?/m0/s1. The second kappa shape index (κ2) is 14.7. The molecule has 2 aromatic rings. The number of carbonyl (C=O) groups is 4. The Kier molecular flexibility index (Phi) is 11.7. The average Bonchev–Trinajstić information content (AvgIpc) is 2.88. The van der Waals surface area contributed by atoms with Gasteiger partial charge in [0.05, 0.1) is 13.5 Å². The van der Waals surface area contributed by atoms with Gasteiger partial charge in [0.2, 0.25) is 11.8 Å². The summed E-state index contributed by atoms with van der Waals surface area (Å²) in [5, 5.41) is 8.36. The zero-order valence-electron chi connectivity index (χ0n) is 22.7. The molecule has 0 saturated carbocycles. The Balaban J connectivity index is 1.94. The molecule has 206 valence electrons. The normalized spacial score (nSPS) is 12.3. The first-order valence-electron chi connectivity index (χ1n) is 12.6. The molecule has 2 rings (SSSR count). The summed E-state index contributed by atoms with van der Waals surface area (Å²) in [4.78, 5) is 51.2. The van der Waals surface area contributed by atoms with Gasteiger partial charge in [-0.15, -0.1) is 0 Å². The minimum Gasteiger partial charge on any atom is -0.468 e. The lowest BCUT2D eigenvalue weighted by Gasteiger charge is -2.29. The number of nitrogens with one attached hydrogen (secondary N) is 3. The van der Waals surface area contributed by atoms with Gasteiger partial charge in [0, 0.05) is 25.0 Å². The Hall–Kier alpha value is -3.92. The summed E-state index contributed by atoms with van der Waals surface area (Å²) in [6, 6.07) is 12.6. The highest BCUT2D eigenvalue weighted by molar-refractivity contribution is 6.00. The van der Waals surface area contributed by atoms with E-state index >= 15 is 0 Å². The highest BCUT2D eigenvalue weighted by Gasteiger charge is 2.28. The molecule has 0 aliphatic rings. The molecule has 2 atom stereocenters. The number of ether oxygens (including phenoxy) is 1. The molecular formula is C28H39N5O5. The summed E-state index contributed by atoms with van der Waals surface area (Å²) in [5.74, 6) is -0.881. The highest BCUT2D eigenvalue weighted by atomic mass is 16.5. The van der Waals surface area contributed by atoms with Crippen LogP contribution in [0.3, 0.4) is 0 Å². The van der Waals surface area contributed by atoms with Gasteiger partial charge in [-0.1, -0.05) is 44.2 Å². The van der Waals surface area contributed by atoms with E-state index in [1.54, 1.807) is 31.3 Å². The maximum atomic E-state index is 13.0. The van der Waals surface area contributed by atoms with E-state index in [0.717, 1.165) is 16.8 Å². The Labute approximate surface area is 224 Å². The summed E-state index contributed by atoms with van der Waals surface area (Å²) in [6.07, 6.45) is 0.811. The van der Waals surface area contributed by atoms with E-state index in [-0.39, 0.29) is 43.1 Å². The number of likely N-dealkylation sites (N-methyl/N-ethyl adjacent to an activating group) is 1. The highest BCUT2D eigenvalue weighted by Crippen LogP contribution is 2.16. The number of nitrogens with zero attached hydrogens (tertiary/aromatic N) is 1. The fourth-order valence-electron chi connectivity index (χ4n) is 3.80. The number of aryl methyl sites for hydroxylation is 1. The molecule has 0 bridgehead atoms. The summed E-state index contributed by atoms with van der Waals surface area (Å²) in [5.41, 5.74) is 8.74. The van der Waals surface area contributed by atoms with Crippen molar-refractivity contribution in [1.82, 2.24) is 10.2 Å². The summed E-state index contributed by atoms with van der Waals surface area (Å²) >= 11 is 0. The molecule has 4 amide bonds. The van der Waals surface area contributed by atoms with Crippen LogP contribution in [-0.2, 0) is 25.5 Å². The molecule has 2 aromatic carbocycles. The van der Waals surface area contributed by atoms with Crippen molar-refractivity contribution in [3.8, 4) is 0 Å². The van der Waals surface area contributed by atoms with Crippen molar-refractivity contribution < 1.29 is 23.9 Å². The Bertz CT molecular complexity index is 1100. The van der Waals surface area contributed by atoms with Crippen LogP contribution >= 0.6 is 0 Å². The molecule has 0 heterocycles. The molecule has 0 aliphatic heterocycles. The first-order valence-corrected chi connectivity index (χ1v) is 12.6. The summed E-state index contributed by atoms with van der Waals surface area (Å²) in [6.45, 7) is 6.06. The molecule has 0 radical (unpaired) electrons. The number of para-hydroxylation sites is 1. The molecule has 1 unspecified atom stereocenters. The number of anilines is 2. The third-order valence-electron chi connectivity index (χ3n) is 6.08. The molecule has 0 aliphatic carbocycles. The minimum atomic E-state index is -0.825. The molecule has 38 heavy (non-hydrogen) atoms. The largest absolute Gasteiger partial charge is 0.468 e. The fraction of sp³-hybridized carbons (Fsp3) is 0.429. The van der Waals surface area contributed by atoms with Gasteiger partial charge < -0.3 is 31.3 Å². The number of esters is 1. The van der Waals surface area contributed by atoms with Crippen LogP contribution in [0.2, 0.25) is 0 Å². The van der Waals surface area contributed by atoms with E-state index in [4.69, 9.17) is 5.73 Å². The minimum absolute atomic E-state index is 0.0985. The van der Waals surface area contributed by atoms with Crippen LogP contribution in [0.4, 0.5) is 16.2 Å². The van der Waals surface area contributed by atoms with Crippen molar-refractivity contribution in [1.29, 1.82) is 0 Å². The number of urea groups is 1. The lowest BCUT2D eigenvalue weighted by molar-refractivity contribution is -0.142. The van der Waals surface area contributed by atoms with Gasteiger partial charge in [-0.25, -0.2) is 4.79 Å². The second-order valence-corrected chi connectivity index (χ2v) is 9.63. The smallest absolute Gasteiger partial charge is 0.323 e. The first-order chi connectivity index (χ1) is 18.0. The molecule has 5 N–H and O–H groups in total. The maximum absolute atomic E-state index is 13.0. The van der Waals surface area contributed by atoms with Crippen LogP contribution < -0.4 is 21.7 Å². The van der Waals surface area contributed by atoms with Crippen LogP contribution in [0.25, 0.3) is 0 Å². The molecule has 0 aromatic heterocycles. The SMILES string of the molecule is COC(=O)[C@@H](N)CCNC(=O)C(CC(C)C)N(C)C(=O)Cc1ccc(NC(=O)Nc2ccccc2C)cc1. The summed E-state index contributed by atoms with van der Waals surface area (Å²) in [7, 11) is 2.87. The van der Waals surface area contributed by atoms with E-state index in [1.165, 1.54) is 12.0 Å². The van der Waals surface area contributed by atoms with E-state index in [9.17, 15) is 19.2 Å². The summed E-state index contributed by atoms with van der Waals surface area (Å²) < 4.78 is 4.60. The number of amides is 4. The van der Waals surface area contributed by atoms with Crippen molar-refractivity contribution in [3.05, 3.63) is 59.7 Å². The predicted molar refractivity (Wildman–Crippen MR) is 148 cm³/mol. The first kappa shape index (κ1) is 30.3.